The molecule has 1 aromatic carbocycles. The van der Waals surface area contributed by atoms with Crippen molar-refractivity contribution in [3.8, 4) is 0 Å². The number of hydrogen-bond acceptors (Lipinski definition) is 4. The fraction of sp³-hybridized carbons (Fsp3) is 0.333. The van der Waals surface area contributed by atoms with Crippen molar-refractivity contribution in [2.75, 3.05) is 11.5 Å². The summed E-state index contributed by atoms with van der Waals surface area (Å²) in [5, 5.41) is 9.00. The van der Waals surface area contributed by atoms with Gasteiger partial charge in [0.1, 0.15) is 5.82 Å². The third kappa shape index (κ3) is 2.90. The molecule has 15 heavy (non-hydrogen) atoms. The number of aliphatic hydroxyl groups excluding tert-OH is 1. The first-order valence-electron chi connectivity index (χ1n) is 4.29. The summed E-state index contributed by atoms with van der Waals surface area (Å²) in [6, 6.07) is 3.12. The molecule has 0 radical (unpaired) electrons. The quantitative estimate of drug-likeness (QED) is 0.748. The SMILES string of the molecule is CC(O)CS(=O)(=O)c1cc(F)ccc1N. The zero-order valence-corrected chi connectivity index (χ0v) is 8.96. The van der Waals surface area contributed by atoms with E-state index < -0.39 is 27.5 Å². The van der Waals surface area contributed by atoms with Crippen molar-refractivity contribution in [3.63, 3.8) is 0 Å². The average molecular weight is 233 g/mol. The van der Waals surface area contributed by atoms with Crippen LogP contribution in [0, 0.1) is 5.82 Å². The van der Waals surface area contributed by atoms with Gasteiger partial charge in [-0.15, -0.1) is 0 Å². The smallest absolute Gasteiger partial charge is 0.183 e. The van der Waals surface area contributed by atoms with Gasteiger partial charge in [-0.05, 0) is 25.1 Å². The van der Waals surface area contributed by atoms with Gasteiger partial charge in [-0.25, -0.2) is 12.8 Å². The number of hydrogen-bond donors (Lipinski definition) is 2. The summed E-state index contributed by atoms with van der Waals surface area (Å²) in [6.45, 7) is 1.34. The van der Waals surface area contributed by atoms with Gasteiger partial charge in [-0.3, -0.25) is 0 Å². The van der Waals surface area contributed by atoms with E-state index in [9.17, 15) is 12.8 Å². The van der Waals surface area contributed by atoms with Gasteiger partial charge < -0.3 is 10.8 Å². The second-order valence-corrected chi connectivity index (χ2v) is 5.32. The molecule has 0 aliphatic carbocycles. The summed E-state index contributed by atoms with van der Waals surface area (Å²) in [4.78, 5) is -0.275. The lowest BCUT2D eigenvalue weighted by atomic mass is 10.3. The van der Waals surface area contributed by atoms with Crippen LogP contribution in [0.25, 0.3) is 0 Å². The molecule has 0 aliphatic heterocycles. The second kappa shape index (κ2) is 4.16. The van der Waals surface area contributed by atoms with Gasteiger partial charge in [0.25, 0.3) is 0 Å². The lowest BCUT2D eigenvalue weighted by Crippen LogP contribution is -2.18. The monoisotopic (exact) mass is 233 g/mol. The van der Waals surface area contributed by atoms with Crippen molar-refractivity contribution in [2.45, 2.75) is 17.9 Å². The molecule has 0 saturated heterocycles. The van der Waals surface area contributed by atoms with E-state index in [1.807, 2.05) is 0 Å². The molecule has 0 saturated carbocycles. The van der Waals surface area contributed by atoms with E-state index in [4.69, 9.17) is 10.8 Å². The number of nitrogens with two attached hydrogens (primary N) is 1. The van der Waals surface area contributed by atoms with Crippen molar-refractivity contribution in [1.29, 1.82) is 0 Å². The Balaban J connectivity index is 3.21. The second-order valence-electron chi connectivity index (χ2n) is 3.31. The molecule has 3 N–H and O–H groups in total. The molecule has 0 spiro atoms. The van der Waals surface area contributed by atoms with Gasteiger partial charge in [-0.2, -0.15) is 0 Å². The highest BCUT2D eigenvalue weighted by Crippen LogP contribution is 2.21. The fourth-order valence-electron chi connectivity index (χ4n) is 1.18. The van der Waals surface area contributed by atoms with E-state index in [2.05, 4.69) is 0 Å². The number of benzene rings is 1. The van der Waals surface area contributed by atoms with Gasteiger partial charge in [0, 0.05) is 0 Å². The lowest BCUT2D eigenvalue weighted by molar-refractivity contribution is 0.218. The van der Waals surface area contributed by atoms with E-state index in [0.717, 1.165) is 12.1 Å². The van der Waals surface area contributed by atoms with Crippen LogP contribution in [-0.2, 0) is 9.84 Å². The lowest BCUT2D eigenvalue weighted by Gasteiger charge is -2.08. The maximum atomic E-state index is 12.8. The summed E-state index contributed by atoms with van der Waals surface area (Å²) >= 11 is 0. The van der Waals surface area contributed by atoms with Gasteiger partial charge >= 0.3 is 0 Å². The van der Waals surface area contributed by atoms with Crippen molar-refractivity contribution in [3.05, 3.63) is 24.0 Å². The Labute approximate surface area is 87.5 Å². The van der Waals surface area contributed by atoms with Crippen LogP contribution in [0.15, 0.2) is 23.1 Å². The van der Waals surface area contributed by atoms with Gasteiger partial charge in [0.05, 0.1) is 22.4 Å². The van der Waals surface area contributed by atoms with E-state index in [1.54, 1.807) is 0 Å². The molecule has 0 amide bonds. The van der Waals surface area contributed by atoms with E-state index >= 15 is 0 Å². The van der Waals surface area contributed by atoms with Crippen LogP contribution in [0.5, 0.6) is 0 Å². The summed E-state index contributed by atoms with van der Waals surface area (Å²) < 4.78 is 36.1. The first kappa shape index (κ1) is 11.9. The summed E-state index contributed by atoms with van der Waals surface area (Å²) in [5.74, 6) is -1.14. The van der Waals surface area contributed by atoms with Crippen LogP contribution < -0.4 is 5.73 Å². The Morgan fingerprint density at radius 3 is 2.67 bits per heavy atom. The predicted molar refractivity (Wildman–Crippen MR) is 54.5 cm³/mol. The number of nitrogen functional groups attached to an aromatic ring is 1. The van der Waals surface area contributed by atoms with Gasteiger partial charge in [0.15, 0.2) is 9.84 Å². The molecule has 4 nitrogen and oxygen atoms in total. The Hall–Kier alpha value is -1.14. The van der Waals surface area contributed by atoms with Gasteiger partial charge in [0.2, 0.25) is 0 Å². The minimum atomic E-state index is -3.73. The molecule has 0 heterocycles. The zero-order chi connectivity index (χ0) is 11.6. The minimum Gasteiger partial charge on any atom is -0.398 e. The van der Waals surface area contributed by atoms with Crippen LogP contribution >= 0.6 is 0 Å². The van der Waals surface area contributed by atoms with Crippen molar-refractivity contribution in [2.24, 2.45) is 0 Å². The van der Waals surface area contributed by atoms with Gasteiger partial charge in [-0.1, -0.05) is 0 Å². The Bertz CT molecular complexity index is 456. The molecular formula is C9H12FNO3S. The maximum Gasteiger partial charge on any atom is 0.183 e. The number of sulfone groups is 1. The topological polar surface area (TPSA) is 80.4 Å². The van der Waals surface area contributed by atoms with Crippen LogP contribution in [0.4, 0.5) is 10.1 Å². The molecule has 0 fully saturated rings. The molecule has 1 unspecified atom stereocenters. The molecule has 1 atom stereocenters. The summed E-state index contributed by atoms with van der Waals surface area (Å²) in [6.07, 6.45) is -1.02. The number of halogens is 1. The summed E-state index contributed by atoms with van der Waals surface area (Å²) in [7, 11) is -3.73. The molecular weight excluding hydrogens is 221 g/mol. The van der Waals surface area contributed by atoms with Crippen LogP contribution in [-0.4, -0.2) is 25.4 Å². The van der Waals surface area contributed by atoms with Crippen LogP contribution in [0.2, 0.25) is 0 Å². The average Bonchev–Trinajstić information content (AvgIpc) is 2.06. The van der Waals surface area contributed by atoms with Crippen molar-refractivity contribution >= 4 is 15.5 Å². The molecule has 0 aliphatic rings. The van der Waals surface area contributed by atoms with Crippen molar-refractivity contribution < 1.29 is 17.9 Å². The molecule has 6 heteroatoms. The van der Waals surface area contributed by atoms with E-state index in [1.165, 1.54) is 13.0 Å². The maximum absolute atomic E-state index is 12.8. The standard InChI is InChI=1S/C9H12FNO3S/c1-6(12)5-15(13,14)9-4-7(10)2-3-8(9)11/h2-4,6,12H,5,11H2,1H3. The Kier molecular flexibility index (Phi) is 3.31. The zero-order valence-electron chi connectivity index (χ0n) is 8.14. The molecule has 84 valence electrons. The molecule has 1 rings (SSSR count). The Morgan fingerprint density at radius 2 is 2.13 bits per heavy atom. The Morgan fingerprint density at radius 1 is 1.53 bits per heavy atom. The summed E-state index contributed by atoms with van der Waals surface area (Å²) in [5.41, 5.74) is 5.41. The third-order valence-corrected chi connectivity index (χ3v) is 3.72. The van der Waals surface area contributed by atoms with E-state index in [-0.39, 0.29) is 10.6 Å². The fourth-order valence-corrected chi connectivity index (χ4v) is 2.72. The van der Waals surface area contributed by atoms with E-state index in [0.29, 0.717) is 0 Å². The molecule has 0 aromatic heterocycles. The third-order valence-electron chi connectivity index (χ3n) is 1.77. The number of rotatable bonds is 3. The molecule has 1 aromatic rings. The minimum absolute atomic E-state index is 0.0166. The van der Waals surface area contributed by atoms with Crippen molar-refractivity contribution in [1.82, 2.24) is 0 Å². The highest BCUT2D eigenvalue weighted by atomic mass is 32.2. The predicted octanol–water partition coefficient (Wildman–Crippen LogP) is 0.562. The molecule has 0 bridgehead atoms. The number of aliphatic hydroxyl groups is 1. The number of anilines is 1. The first-order valence-corrected chi connectivity index (χ1v) is 5.94. The normalized spacial score (nSPS) is 13.8. The van der Waals surface area contributed by atoms with Crippen LogP contribution in [0.3, 0.4) is 0 Å². The largest absolute Gasteiger partial charge is 0.398 e. The first-order chi connectivity index (χ1) is 6.83. The van der Waals surface area contributed by atoms with Crippen LogP contribution in [0.1, 0.15) is 6.92 Å². The highest BCUT2D eigenvalue weighted by Gasteiger charge is 2.20. The highest BCUT2D eigenvalue weighted by molar-refractivity contribution is 7.91.